The van der Waals surface area contributed by atoms with Crippen molar-refractivity contribution in [2.24, 2.45) is 0 Å². The Labute approximate surface area is 106 Å². The Balaban J connectivity index is 3.40. The number of ether oxygens (including phenoxy) is 1. The maximum absolute atomic E-state index is 12.2. The summed E-state index contributed by atoms with van der Waals surface area (Å²) in [5.41, 5.74) is -0.487. The molecule has 7 heteroatoms. The smallest absolute Gasteiger partial charge is 0.387 e. The first kappa shape index (κ1) is 14.3. The van der Waals surface area contributed by atoms with E-state index in [0.29, 0.717) is 0 Å². The standard InChI is InChI=1S/C12H7F2NO4/c13-12(14)19-11-8(5-15)2-1-7(9(11)6-16)3-4-10(17)18/h1-4,6,12H,(H,17,18)/b4-3+. The van der Waals surface area contributed by atoms with Crippen LogP contribution in [0.2, 0.25) is 0 Å². The number of nitriles is 1. The molecule has 5 nitrogen and oxygen atoms in total. The van der Waals surface area contributed by atoms with Crippen molar-refractivity contribution in [1.82, 2.24) is 0 Å². The molecule has 0 aromatic heterocycles. The molecule has 0 amide bonds. The highest BCUT2D eigenvalue weighted by Gasteiger charge is 2.17. The second-order valence-electron chi connectivity index (χ2n) is 3.22. The number of rotatable bonds is 5. The number of aliphatic carboxylic acids is 1. The minimum atomic E-state index is -3.20. The van der Waals surface area contributed by atoms with Crippen molar-refractivity contribution in [1.29, 1.82) is 5.26 Å². The summed E-state index contributed by atoms with van der Waals surface area (Å²) in [7, 11) is 0. The van der Waals surface area contributed by atoms with E-state index >= 15 is 0 Å². The molecule has 19 heavy (non-hydrogen) atoms. The highest BCUT2D eigenvalue weighted by Crippen LogP contribution is 2.28. The number of carboxylic acid groups (broad SMARTS) is 1. The average Bonchev–Trinajstić information content (AvgIpc) is 2.35. The van der Waals surface area contributed by atoms with Crippen molar-refractivity contribution in [2.75, 3.05) is 0 Å². The van der Waals surface area contributed by atoms with Crippen LogP contribution in [-0.4, -0.2) is 24.0 Å². The van der Waals surface area contributed by atoms with Crippen molar-refractivity contribution in [3.8, 4) is 11.8 Å². The van der Waals surface area contributed by atoms with E-state index in [1.165, 1.54) is 6.07 Å². The Kier molecular flexibility index (Phi) is 4.71. The van der Waals surface area contributed by atoms with E-state index in [9.17, 15) is 18.4 Å². The number of nitrogens with zero attached hydrogens (tertiary/aromatic N) is 1. The van der Waals surface area contributed by atoms with Crippen LogP contribution < -0.4 is 4.74 Å². The number of hydrogen-bond acceptors (Lipinski definition) is 4. The predicted octanol–water partition coefficient (Wildman–Crippen LogP) is 2.07. The zero-order chi connectivity index (χ0) is 14.4. The van der Waals surface area contributed by atoms with Crippen molar-refractivity contribution < 1.29 is 28.2 Å². The van der Waals surface area contributed by atoms with Crippen LogP contribution in [0.15, 0.2) is 18.2 Å². The van der Waals surface area contributed by atoms with E-state index in [0.717, 1.165) is 18.2 Å². The molecule has 0 spiro atoms. The topological polar surface area (TPSA) is 87.4 Å². The van der Waals surface area contributed by atoms with Gasteiger partial charge in [-0.1, -0.05) is 6.07 Å². The fourth-order valence-corrected chi connectivity index (χ4v) is 1.35. The van der Waals surface area contributed by atoms with Gasteiger partial charge in [-0.25, -0.2) is 4.79 Å². The van der Waals surface area contributed by atoms with Crippen molar-refractivity contribution in [3.63, 3.8) is 0 Å². The molecule has 0 aliphatic heterocycles. The molecule has 0 unspecified atom stereocenters. The van der Waals surface area contributed by atoms with Crippen LogP contribution in [-0.2, 0) is 4.79 Å². The normalized spacial score (nSPS) is 10.4. The molecule has 0 atom stereocenters. The zero-order valence-electron chi connectivity index (χ0n) is 9.34. The Bertz CT molecular complexity index is 576. The monoisotopic (exact) mass is 267 g/mol. The van der Waals surface area contributed by atoms with Crippen LogP contribution in [0.1, 0.15) is 21.5 Å². The molecular formula is C12H7F2NO4. The SMILES string of the molecule is N#Cc1ccc(/C=C/C(=O)O)c(C=O)c1OC(F)F. The van der Waals surface area contributed by atoms with Crippen molar-refractivity contribution in [3.05, 3.63) is 34.9 Å². The molecule has 1 N–H and O–H groups in total. The van der Waals surface area contributed by atoms with E-state index in [2.05, 4.69) is 4.74 Å². The van der Waals surface area contributed by atoms with Crippen LogP contribution in [0, 0.1) is 11.3 Å². The molecule has 0 fully saturated rings. The lowest BCUT2D eigenvalue weighted by Crippen LogP contribution is -2.07. The van der Waals surface area contributed by atoms with E-state index < -0.39 is 18.3 Å². The molecule has 1 aromatic carbocycles. The second kappa shape index (κ2) is 6.26. The summed E-state index contributed by atoms with van der Waals surface area (Å²) in [6.45, 7) is -3.20. The van der Waals surface area contributed by atoms with Gasteiger partial charge in [-0.3, -0.25) is 4.79 Å². The molecule has 0 heterocycles. The maximum atomic E-state index is 12.2. The lowest BCUT2D eigenvalue weighted by Gasteiger charge is -2.10. The van der Waals surface area contributed by atoms with Gasteiger partial charge in [-0.15, -0.1) is 0 Å². The van der Waals surface area contributed by atoms with Crippen molar-refractivity contribution in [2.45, 2.75) is 6.61 Å². The van der Waals surface area contributed by atoms with E-state index in [1.807, 2.05) is 0 Å². The van der Waals surface area contributed by atoms with Gasteiger partial charge in [0.15, 0.2) is 12.0 Å². The third-order valence-electron chi connectivity index (χ3n) is 2.08. The Morgan fingerprint density at radius 3 is 2.63 bits per heavy atom. The summed E-state index contributed by atoms with van der Waals surface area (Å²) in [4.78, 5) is 21.3. The Morgan fingerprint density at radius 1 is 1.47 bits per heavy atom. The first-order valence-electron chi connectivity index (χ1n) is 4.87. The summed E-state index contributed by atoms with van der Waals surface area (Å²) in [5.74, 6) is -1.84. The number of hydrogen-bond donors (Lipinski definition) is 1. The van der Waals surface area contributed by atoms with Crippen LogP contribution in [0.5, 0.6) is 5.75 Å². The summed E-state index contributed by atoms with van der Waals surface area (Å²) in [5, 5.41) is 17.2. The van der Waals surface area contributed by atoms with Gasteiger partial charge in [-0.05, 0) is 17.7 Å². The van der Waals surface area contributed by atoms with Crippen LogP contribution >= 0.6 is 0 Å². The molecule has 0 aliphatic carbocycles. The minimum absolute atomic E-state index is 0.0621. The molecule has 0 aliphatic rings. The van der Waals surface area contributed by atoms with Gasteiger partial charge >= 0.3 is 12.6 Å². The number of halogens is 2. The van der Waals surface area contributed by atoms with E-state index in [-0.39, 0.29) is 23.0 Å². The number of carbonyl (C=O) groups excluding carboxylic acids is 1. The molecule has 0 radical (unpaired) electrons. The highest BCUT2D eigenvalue weighted by atomic mass is 19.3. The largest absolute Gasteiger partial charge is 0.478 e. The van der Waals surface area contributed by atoms with Crippen LogP contribution in [0.25, 0.3) is 6.08 Å². The molecule has 0 saturated heterocycles. The zero-order valence-corrected chi connectivity index (χ0v) is 9.34. The van der Waals surface area contributed by atoms with E-state index in [1.54, 1.807) is 6.07 Å². The molecule has 1 aromatic rings. The summed E-state index contributed by atoms with van der Waals surface area (Å²) >= 11 is 0. The highest BCUT2D eigenvalue weighted by molar-refractivity contribution is 5.91. The predicted molar refractivity (Wildman–Crippen MR) is 59.8 cm³/mol. The van der Waals surface area contributed by atoms with Crippen molar-refractivity contribution >= 4 is 18.3 Å². The average molecular weight is 267 g/mol. The van der Waals surface area contributed by atoms with Gasteiger partial charge in [0.1, 0.15) is 6.07 Å². The number of carbonyl (C=O) groups is 2. The number of carboxylic acids is 1. The fourth-order valence-electron chi connectivity index (χ4n) is 1.35. The number of alkyl halides is 2. The molecular weight excluding hydrogens is 260 g/mol. The van der Waals surface area contributed by atoms with Crippen LogP contribution in [0.3, 0.4) is 0 Å². The van der Waals surface area contributed by atoms with Crippen LogP contribution in [0.4, 0.5) is 8.78 Å². The molecule has 0 saturated carbocycles. The lowest BCUT2D eigenvalue weighted by atomic mass is 10.0. The Hall–Kier alpha value is -2.75. The third kappa shape index (κ3) is 3.61. The summed E-state index contributed by atoms with van der Waals surface area (Å²) in [6, 6.07) is 4.03. The molecule has 1 rings (SSSR count). The summed E-state index contributed by atoms with van der Waals surface area (Å²) < 4.78 is 28.6. The Morgan fingerprint density at radius 2 is 2.16 bits per heavy atom. The first-order chi connectivity index (χ1) is 8.99. The summed E-state index contributed by atoms with van der Waals surface area (Å²) in [6.07, 6.45) is 2.01. The number of aldehydes is 1. The van der Waals surface area contributed by atoms with Gasteiger partial charge in [0.2, 0.25) is 0 Å². The third-order valence-corrected chi connectivity index (χ3v) is 2.08. The quantitative estimate of drug-likeness (QED) is 0.651. The van der Waals surface area contributed by atoms with Gasteiger partial charge in [0.25, 0.3) is 0 Å². The van der Waals surface area contributed by atoms with Gasteiger partial charge in [-0.2, -0.15) is 14.0 Å². The maximum Gasteiger partial charge on any atom is 0.387 e. The fraction of sp³-hybridized carbons (Fsp3) is 0.0833. The molecule has 0 bridgehead atoms. The number of benzene rings is 1. The minimum Gasteiger partial charge on any atom is -0.478 e. The second-order valence-corrected chi connectivity index (χ2v) is 3.22. The van der Waals surface area contributed by atoms with Gasteiger partial charge in [0.05, 0.1) is 11.1 Å². The first-order valence-corrected chi connectivity index (χ1v) is 4.87. The molecule has 98 valence electrons. The lowest BCUT2D eigenvalue weighted by molar-refractivity contribution is -0.131. The van der Waals surface area contributed by atoms with Gasteiger partial charge < -0.3 is 9.84 Å². The van der Waals surface area contributed by atoms with Gasteiger partial charge in [0, 0.05) is 6.08 Å². The van der Waals surface area contributed by atoms with E-state index in [4.69, 9.17) is 10.4 Å².